The maximum atomic E-state index is 14.5. The molecule has 0 bridgehead atoms. The van der Waals surface area contributed by atoms with Crippen molar-refractivity contribution >= 4 is 76.7 Å². The first-order valence-electron chi connectivity index (χ1n) is 29.8. The zero-order chi connectivity index (χ0) is 63.2. The van der Waals surface area contributed by atoms with Crippen molar-refractivity contribution in [2.45, 2.75) is 162 Å². The lowest BCUT2D eigenvalue weighted by Crippen LogP contribution is -2.57. The number of fused-ring (bicyclic) bond motifs is 2. The zero-order valence-electron chi connectivity index (χ0n) is 50.5. The smallest absolute Gasteiger partial charge is 0.391 e. The number of likely N-dealkylation sites (tertiary alicyclic amines) is 2. The Morgan fingerprint density at radius 3 is 2.18 bits per heavy atom. The van der Waals surface area contributed by atoms with Crippen molar-refractivity contribution in [3.63, 3.8) is 0 Å². The minimum Gasteiger partial charge on any atom is -0.391 e. The van der Waals surface area contributed by atoms with Crippen LogP contribution in [-0.4, -0.2) is 137 Å². The highest BCUT2D eigenvalue weighted by Crippen LogP contribution is 2.55. The van der Waals surface area contributed by atoms with Crippen LogP contribution < -0.4 is 27.0 Å². The van der Waals surface area contributed by atoms with E-state index in [0.717, 1.165) is 32.8 Å². The van der Waals surface area contributed by atoms with E-state index in [-0.39, 0.29) is 98.5 Å². The molecule has 7 amide bonds. The minimum absolute atomic E-state index is 0.0263. The average Bonchev–Trinajstić information content (AvgIpc) is 1.57. The minimum atomic E-state index is -5.05. The summed E-state index contributed by atoms with van der Waals surface area (Å²) in [6.45, 7) is 15.8. The van der Waals surface area contributed by atoms with E-state index >= 15 is 0 Å². The van der Waals surface area contributed by atoms with E-state index in [2.05, 4.69) is 31.2 Å². The lowest BCUT2D eigenvalue weighted by molar-refractivity contribution is -0.144. The normalized spacial score (nSPS) is 20.6. The van der Waals surface area contributed by atoms with Crippen LogP contribution in [0.15, 0.2) is 78.3 Å². The number of aliphatic hydroxyl groups excluding tert-OH is 1. The van der Waals surface area contributed by atoms with E-state index < -0.39 is 90.5 Å². The Kier molecular flexibility index (Phi) is 21.1. The van der Waals surface area contributed by atoms with Gasteiger partial charge in [-0.3, -0.25) is 42.9 Å². The number of nitrogens with one attached hydrogen (secondary N) is 5. The van der Waals surface area contributed by atoms with Gasteiger partial charge in [0, 0.05) is 55.4 Å². The quantitative estimate of drug-likeness (QED) is 0.0214. The number of carbonyl (C=O) groups excluding carboxylic acids is 8. The fourth-order valence-corrected chi connectivity index (χ4v) is 13.2. The summed E-state index contributed by atoms with van der Waals surface area (Å²) in [4.78, 5) is 138. The average molecular weight is 1240 g/mol. The van der Waals surface area contributed by atoms with E-state index in [1.165, 1.54) is 34.1 Å². The number of aromatic amines is 1. The molecule has 22 nitrogen and oxygen atoms in total. The summed E-state index contributed by atoms with van der Waals surface area (Å²) < 4.78 is 17.9. The number of aromatic nitrogens is 2. The number of thiazole rings is 1. The molecule has 10 N–H and O–H groups in total. The van der Waals surface area contributed by atoms with Gasteiger partial charge in [0.15, 0.2) is 0 Å². The van der Waals surface area contributed by atoms with Crippen molar-refractivity contribution in [3.05, 3.63) is 112 Å². The monoisotopic (exact) mass is 1240 g/mol. The standard InChI is InChI=1S/C63H82N9O13PS/c1-34(2)25-49(69-57(76)48-27-43-26-42(21-22-47(43)67-48)62(81)86(82,83)84)60(79)72-31-45-35(3)53(45)54(72)59(78)68-46(23-24-51(64)74)37(5)85-32-40-15-13-38(14-16-40)11-9-10-12-52(75)70-56(63(6,7)8)61(80)71-30-44(73)28-50(71)58(77)65-29-39-17-19-41(20-18-39)55-36(4)66-33-87-55/h13-22,26-27,33-35,37,44-46,49-50,53-54,56,67,73H,9-12,23-25,28-32H2,1-8H3,(H2,64,74)(H,65,77)(H,68,78)(H,69,76)(H,70,75)(H2,82,83,84)/t35-,37-,44-,45+,46+,49+,50+,53?,54+,56-/m1/s1. The van der Waals surface area contributed by atoms with E-state index in [1.807, 2.05) is 97.0 Å². The predicted molar refractivity (Wildman–Crippen MR) is 327 cm³/mol. The van der Waals surface area contributed by atoms with Gasteiger partial charge >= 0.3 is 7.60 Å². The highest BCUT2D eigenvalue weighted by molar-refractivity contribution is 7.70. The number of nitrogens with two attached hydrogens (primary N) is 1. The highest BCUT2D eigenvalue weighted by atomic mass is 32.1. The molecule has 468 valence electrons. The number of hydrogen-bond acceptors (Lipinski definition) is 13. The van der Waals surface area contributed by atoms with Crippen LogP contribution in [0, 0.1) is 36.0 Å². The lowest BCUT2D eigenvalue weighted by atomic mass is 9.85. The second kappa shape index (κ2) is 27.9. The number of unbranched alkanes of at least 4 members (excludes halogenated alkanes) is 1. The van der Waals surface area contributed by atoms with Gasteiger partial charge in [0.05, 0.1) is 40.9 Å². The summed E-state index contributed by atoms with van der Waals surface area (Å²) in [5, 5.41) is 22.9. The number of hydrogen-bond donors (Lipinski definition) is 9. The molecular weight excluding hydrogens is 1150 g/mol. The Bertz CT molecular complexity index is 3390. The number of nitrogens with zero attached hydrogens (tertiary/aromatic N) is 3. The summed E-state index contributed by atoms with van der Waals surface area (Å²) >= 11 is 1.56. The number of piperidine rings is 1. The van der Waals surface area contributed by atoms with Crippen LogP contribution >= 0.6 is 18.9 Å². The van der Waals surface area contributed by atoms with Crippen molar-refractivity contribution < 1.29 is 62.6 Å². The van der Waals surface area contributed by atoms with Crippen molar-refractivity contribution in [2.24, 2.45) is 34.8 Å². The topological polar surface area (TPSA) is 333 Å². The van der Waals surface area contributed by atoms with Gasteiger partial charge in [-0.1, -0.05) is 90.1 Å². The molecule has 0 spiro atoms. The third kappa shape index (κ3) is 16.5. The summed E-state index contributed by atoms with van der Waals surface area (Å²) in [7, 11) is -5.05. The van der Waals surface area contributed by atoms with Gasteiger partial charge in [-0.05, 0) is 122 Å². The fraction of sp³-hybridized carbons (Fsp3) is 0.508. The number of primary amides is 1. The molecule has 2 aromatic heterocycles. The Morgan fingerprint density at radius 2 is 1.54 bits per heavy atom. The van der Waals surface area contributed by atoms with E-state index in [1.54, 1.807) is 23.8 Å². The largest absolute Gasteiger partial charge is 0.396 e. The molecule has 3 fully saturated rings. The Labute approximate surface area is 510 Å². The number of amides is 7. The maximum Gasteiger partial charge on any atom is 0.396 e. The van der Waals surface area contributed by atoms with Crippen LogP contribution in [0.1, 0.15) is 137 Å². The molecule has 3 aromatic carbocycles. The first kappa shape index (κ1) is 65.8. The van der Waals surface area contributed by atoms with Gasteiger partial charge in [-0.15, -0.1) is 11.3 Å². The van der Waals surface area contributed by atoms with Crippen LogP contribution in [-0.2, 0) is 57.6 Å². The number of carbonyl (C=O) groups is 8. The molecule has 24 heteroatoms. The second-order valence-electron chi connectivity index (χ2n) is 25.1. The van der Waals surface area contributed by atoms with E-state index in [9.17, 15) is 57.8 Å². The van der Waals surface area contributed by atoms with Crippen molar-refractivity contribution in [1.82, 2.24) is 41.0 Å². The number of H-pyrrole nitrogens is 1. The van der Waals surface area contributed by atoms with Gasteiger partial charge in [-0.2, -0.15) is 0 Å². The highest BCUT2D eigenvalue weighted by Gasteiger charge is 2.63. The van der Waals surface area contributed by atoms with Crippen LogP contribution in [0.3, 0.4) is 0 Å². The third-order valence-electron chi connectivity index (χ3n) is 16.9. The molecule has 1 aliphatic carbocycles. The molecule has 2 aliphatic heterocycles. The first-order chi connectivity index (χ1) is 41.1. The summed E-state index contributed by atoms with van der Waals surface area (Å²) in [6, 6.07) is 16.7. The van der Waals surface area contributed by atoms with E-state index in [4.69, 9.17) is 10.5 Å². The second-order valence-corrected chi connectivity index (χ2v) is 27.5. The van der Waals surface area contributed by atoms with Gasteiger partial charge in [0.2, 0.25) is 35.4 Å². The number of β-amino-alcohol motifs (C(OH)–C–C–N with tert-alkyl or cyclic N) is 1. The molecule has 1 unspecified atom stereocenters. The molecule has 0 radical (unpaired) electrons. The molecule has 5 aromatic rings. The lowest BCUT2D eigenvalue weighted by Gasteiger charge is -2.35. The molecule has 8 rings (SSSR count). The van der Waals surface area contributed by atoms with Crippen molar-refractivity contribution in [1.29, 1.82) is 0 Å². The number of rotatable bonds is 27. The Balaban J connectivity index is 0.809. The van der Waals surface area contributed by atoms with Crippen molar-refractivity contribution in [2.75, 3.05) is 13.1 Å². The zero-order valence-corrected chi connectivity index (χ0v) is 52.3. The van der Waals surface area contributed by atoms with Gasteiger partial charge < -0.3 is 61.4 Å². The molecule has 2 saturated heterocycles. The Morgan fingerprint density at radius 1 is 0.851 bits per heavy atom. The maximum absolute atomic E-state index is 14.5. The molecule has 1 saturated carbocycles. The van der Waals surface area contributed by atoms with Crippen LogP contribution in [0.25, 0.3) is 21.3 Å². The van der Waals surface area contributed by atoms with Crippen LogP contribution in [0.5, 0.6) is 0 Å². The van der Waals surface area contributed by atoms with Gasteiger partial charge in [0.1, 0.15) is 29.9 Å². The summed E-state index contributed by atoms with van der Waals surface area (Å²) in [5.41, 5.74) is 10.3. The molecule has 87 heavy (non-hydrogen) atoms. The van der Waals surface area contributed by atoms with Crippen molar-refractivity contribution in [3.8, 4) is 10.4 Å². The third-order valence-corrected chi connectivity index (χ3v) is 18.7. The molecule has 4 heterocycles. The van der Waals surface area contributed by atoms with Crippen LogP contribution in [0.2, 0.25) is 0 Å². The fourth-order valence-electron chi connectivity index (χ4n) is 11.9. The van der Waals surface area contributed by atoms with Crippen LogP contribution in [0.4, 0.5) is 0 Å². The predicted octanol–water partition coefficient (Wildman–Crippen LogP) is 6.03. The molecular formula is C63H82N9O13PS. The van der Waals surface area contributed by atoms with E-state index in [0.29, 0.717) is 36.7 Å². The summed E-state index contributed by atoms with van der Waals surface area (Å²) in [5.74, 6) is -3.06. The number of aryl methyl sites for hydroxylation is 2. The van der Waals surface area contributed by atoms with Gasteiger partial charge in [-0.25, -0.2) is 4.98 Å². The SMILES string of the molecule is Cc1ncsc1-c1ccc(CNC(=O)[C@@H]2C[C@@H](O)CN2C(=O)[C@@H](NC(=O)CCCCc2ccc(CO[C@H](C)[C@H](CCC(N)=O)NC(=O)[C@@H]3C4[C@@H](CN3C(=O)[C@H](CC(C)C)NC(=O)c3cc5cc(C(=O)P(=O)(O)O)ccc5[nH]3)[C@H]4C)cc2)C(C)(C)C)cc1. The van der Waals surface area contributed by atoms with Gasteiger partial charge in [0.25, 0.3) is 11.4 Å². The number of benzene rings is 3. The molecule has 10 atom stereocenters. The first-order valence-corrected chi connectivity index (χ1v) is 32.2. The Hall–Kier alpha value is -7.14. The number of ether oxygens (including phenoxy) is 1. The number of aliphatic hydroxyl groups is 1. The summed E-state index contributed by atoms with van der Waals surface area (Å²) in [6.07, 6.45) is 1.08. The molecule has 3 aliphatic rings.